The summed E-state index contributed by atoms with van der Waals surface area (Å²) in [5, 5.41) is 9.01. The fraction of sp³-hybridized carbons (Fsp3) is 0.167. The molecule has 0 spiro atoms. The normalized spacial score (nSPS) is 10.3. The molecule has 0 fully saturated rings. The molecular weight excluding hydrogens is 188 g/mol. The van der Waals surface area contributed by atoms with Gasteiger partial charge in [-0.3, -0.25) is 9.97 Å². The Morgan fingerprint density at radius 3 is 2.33 bits per heavy atom. The zero-order chi connectivity index (χ0) is 10.7. The largest absolute Gasteiger partial charge is 0.392 e. The lowest BCUT2D eigenvalue weighted by Crippen LogP contribution is -1.88. The van der Waals surface area contributed by atoms with E-state index in [9.17, 15) is 0 Å². The van der Waals surface area contributed by atoms with Crippen molar-refractivity contribution in [1.29, 1.82) is 0 Å². The van der Waals surface area contributed by atoms with E-state index in [2.05, 4.69) is 9.97 Å². The highest BCUT2D eigenvalue weighted by Gasteiger charge is 2.00. The highest BCUT2D eigenvalue weighted by Crippen LogP contribution is 2.19. The molecule has 0 bridgehead atoms. The first-order valence-corrected chi connectivity index (χ1v) is 4.76. The average Bonchev–Trinajstić information content (AvgIpc) is 2.29. The highest BCUT2D eigenvalue weighted by atomic mass is 16.3. The Labute approximate surface area is 88.5 Å². The van der Waals surface area contributed by atoms with Gasteiger partial charge in [0.05, 0.1) is 6.61 Å². The van der Waals surface area contributed by atoms with Crippen molar-refractivity contribution in [3.63, 3.8) is 0 Å². The van der Waals surface area contributed by atoms with Crippen LogP contribution in [0, 0.1) is 6.92 Å². The van der Waals surface area contributed by atoms with Crippen molar-refractivity contribution in [2.24, 2.45) is 0 Å². The van der Waals surface area contributed by atoms with Crippen LogP contribution in [0.25, 0.3) is 11.1 Å². The maximum atomic E-state index is 9.01. The van der Waals surface area contributed by atoms with E-state index in [-0.39, 0.29) is 6.61 Å². The van der Waals surface area contributed by atoms with E-state index in [1.54, 1.807) is 18.6 Å². The van der Waals surface area contributed by atoms with E-state index in [4.69, 9.17) is 5.11 Å². The lowest BCUT2D eigenvalue weighted by molar-refractivity contribution is 0.281. The summed E-state index contributed by atoms with van der Waals surface area (Å²) in [6.07, 6.45) is 7.04. The minimum absolute atomic E-state index is 0.0140. The van der Waals surface area contributed by atoms with Gasteiger partial charge in [0.15, 0.2) is 0 Å². The Balaban J connectivity index is 2.44. The Kier molecular flexibility index (Phi) is 2.74. The van der Waals surface area contributed by atoms with Crippen molar-refractivity contribution in [2.75, 3.05) is 0 Å². The minimum Gasteiger partial charge on any atom is -0.392 e. The van der Waals surface area contributed by atoms with Gasteiger partial charge in [-0.1, -0.05) is 0 Å². The maximum Gasteiger partial charge on any atom is 0.0697 e. The topological polar surface area (TPSA) is 46.0 Å². The SMILES string of the molecule is Cc1cncc(-c2cncc(CO)c2)c1. The van der Waals surface area contributed by atoms with Crippen molar-refractivity contribution >= 4 is 0 Å². The van der Waals surface area contributed by atoms with Crippen LogP contribution < -0.4 is 0 Å². The van der Waals surface area contributed by atoms with Crippen LogP contribution in [-0.2, 0) is 6.61 Å². The molecule has 0 aliphatic heterocycles. The van der Waals surface area contributed by atoms with Crippen molar-refractivity contribution in [3.8, 4) is 11.1 Å². The number of aryl methyl sites for hydroxylation is 1. The lowest BCUT2D eigenvalue weighted by atomic mass is 10.1. The average molecular weight is 200 g/mol. The monoisotopic (exact) mass is 200 g/mol. The zero-order valence-corrected chi connectivity index (χ0v) is 8.51. The van der Waals surface area contributed by atoms with E-state index in [0.717, 1.165) is 22.3 Å². The molecule has 0 amide bonds. The standard InChI is InChI=1S/C12H12N2O/c1-9-2-11(6-13-4-9)12-3-10(8-15)5-14-7-12/h2-7,15H,8H2,1H3. The predicted octanol–water partition coefficient (Wildman–Crippen LogP) is 1.94. The molecule has 0 unspecified atom stereocenters. The molecule has 0 saturated heterocycles. The minimum atomic E-state index is 0.0140. The van der Waals surface area contributed by atoms with Crippen LogP contribution in [0.3, 0.4) is 0 Å². The molecule has 0 radical (unpaired) electrons. The number of aromatic nitrogens is 2. The molecule has 0 aliphatic carbocycles. The molecular formula is C12H12N2O. The van der Waals surface area contributed by atoms with Gasteiger partial charge in [-0.2, -0.15) is 0 Å². The summed E-state index contributed by atoms with van der Waals surface area (Å²) in [5.74, 6) is 0. The number of hydrogen-bond donors (Lipinski definition) is 1. The van der Waals surface area contributed by atoms with Crippen LogP contribution in [0.5, 0.6) is 0 Å². The molecule has 76 valence electrons. The van der Waals surface area contributed by atoms with Crippen LogP contribution >= 0.6 is 0 Å². The maximum absolute atomic E-state index is 9.01. The van der Waals surface area contributed by atoms with Crippen LogP contribution in [0.1, 0.15) is 11.1 Å². The van der Waals surface area contributed by atoms with Gasteiger partial charge in [0, 0.05) is 35.9 Å². The smallest absolute Gasteiger partial charge is 0.0697 e. The summed E-state index contributed by atoms with van der Waals surface area (Å²) in [4.78, 5) is 8.20. The fourth-order valence-electron chi connectivity index (χ4n) is 1.44. The van der Waals surface area contributed by atoms with Crippen molar-refractivity contribution in [1.82, 2.24) is 9.97 Å². The molecule has 2 heterocycles. The summed E-state index contributed by atoms with van der Waals surface area (Å²) in [7, 11) is 0. The van der Waals surface area contributed by atoms with Gasteiger partial charge in [0.25, 0.3) is 0 Å². The van der Waals surface area contributed by atoms with Gasteiger partial charge in [0.1, 0.15) is 0 Å². The molecule has 0 saturated carbocycles. The van der Waals surface area contributed by atoms with E-state index in [0.29, 0.717) is 0 Å². The summed E-state index contributed by atoms with van der Waals surface area (Å²) in [6.45, 7) is 2.01. The third kappa shape index (κ3) is 2.19. The second kappa shape index (κ2) is 4.19. The predicted molar refractivity (Wildman–Crippen MR) is 58.1 cm³/mol. The molecule has 2 rings (SSSR count). The molecule has 1 N–H and O–H groups in total. The first kappa shape index (κ1) is 9.80. The molecule has 0 atom stereocenters. The molecule has 2 aromatic rings. The highest BCUT2D eigenvalue weighted by molar-refractivity contribution is 5.62. The van der Waals surface area contributed by atoms with Gasteiger partial charge in [0.2, 0.25) is 0 Å². The lowest BCUT2D eigenvalue weighted by Gasteiger charge is -2.03. The summed E-state index contributed by atoms with van der Waals surface area (Å²) >= 11 is 0. The van der Waals surface area contributed by atoms with Gasteiger partial charge in [-0.15, -0.1) is 0 Å². The fourth-order valence-corrected chi connectivity index (χ4v) is 1.44. The second-order valence-electron chi connectivity index (χ2n) is 3.49. The molecule has 2 aromatic heterocycles. The van der Waals surface area contributed by atoms with Crippen LogP contribution in [0.15, 0.2) is 36.9 Å². The van der Waals surface area contributed by atoms with Crippen LogP contribution in [0.2, 0.25) is 0 Å². The number of nitrogens with zero attached hydrogens (tertiary/aromatic N) is 2. The molecule has 0 aromatic carbocycles. The third-order valence-corrected chi connectivity index (χ3v) is 2.19. The van der Waals surface area contributed by atoms with Gasteiger partial charge in [-0.25, -0.2) is 0 Å². The molecule has 3 nitrogen and oxygen atoms in total. The third-order valence-electron chi connectivity index (χ3n) is 2.19. The Bertz CT molecular complexity index is 469. The number of aliphatic hydroxyl groups is 1. The summed E-state index contributed by atoms with van der Waals surface area (Å²) < 4.78 is 0. The van der Waals surface area contributed by atoms with E-state index >= 15 is 0 Å². The Morgan fingerprint density at radius 2 is 1.67 bits per heavy atom. The quantitative estimate of drug-likeness (QED) is 0.805. The molecule has 15 heavy (non-hydrogen) atoms. The van der Waals surface area contributed by atoms with Crippen LogP contribution in [-0.4, -0.2) is 15.1 Å². The van der Waals surface area contributed by atoms with Crippen LogP contribution in [0.4, 0.5) is 0 Å². The van der Waals surface area contributed by atoms with Crippen molar-refractivity contribution < 1.29 is 5.11 Å². The Morgan fingerprint density at radius 1 is 1.00 bits per heavy atom. The Hall–Kier alpha value is -1.74. The van der Waals surface area contributed by atoms with E-state index in [1.165, 1.54) is 0 Å². The van der Waals surface area contributed by atoms with Gasteiger partial charge in [-0.05, 0) is 30.2 Å². The number of hydrogen-bond acceptors (Lipinski definition) is 3. The van der Waals surface area contributed by atoms with Gasteiger partial charge >= 0.3 is 0 Å². The first-order chi connectivity index (χ1) is 7.29. The molecule has 0 aliphatic rings. The zero-order valence-electron chi connectivity index (χ0n) is 8.51. The van der Waals surface area contributed by atoms with Crippen molar-refractivity contribution in [2.45, 2.75) is 13.5 Å². The number of aliphatic hydroxyl groups excluding tert-OH is 1. The van der Waals surface area contributed by atoms with E-state index < -0.39 is 0 Å². The second-order valence-corrected chi connectivity index (χ2v) is 3.49. The molecule has 3 heteroatoms. The van der Waals surface area contributed by atoms with E-state index in [1.807, 2.05) is 25.3 Å². The number of rotatable bonds is 2. The summed E-state index contributed by atoms with van der Waals surface area (Å²) in [6, 6.07) is 3.97. The summed E-state index contributed by atoms with van der Waals surface area (Å²) in [5.41, 5.74) is 3.94. The van der Waals surface area contributed by atoms with Crippen molar-refractivity contribution in [3.05, 3.63) is 48.0 Å². The number of pyridine rings is 2. The first-order valence-electron chi connectivity index (χ1n) is 4.76. The van der Waals surface area contributed by atoms with Gasteiger partial charge < -0.3 is 5.11 Å².